The number of aryl methyl sites for hydroxylation is 1. The van der Waals surface area contributed by atoms with Gasteiger partial charge in [-0.2, -0.15) is 5.10 Å². The lowest BCUT2D eigenvalue weighted by atomic mass is 10.2. The molecule has 1 aliphatic heterocycles. The normalized spacial score (nSPS) is 16.7. The average Bonchev–Trinajstić information content (AvgIpc) is 2.62. The zero-order valence-corrected chi connectivity index (χ0v) is 8.01. The van der Waals surface area contributed by atoms with Crippen LogP contribution in [0.3, 0.4) is 0 Å². The van der Waals surface area contributed by atoms with Gasteiger partial charge in [0, 0.05) is 22.7 Å². The van der Waals surface area contributed by atoms with E-state index in [0.29, 0.717) is 0 Å². The van der Waals surface area contributed by atoms with Crippen LogP contribution in [0.15, 0.2) is 12.3 Å². The maximum Gasteiger partial charge on any atom is 0.0576 e. The van der Waals surface area contributed by atoms with Gasteiger partial charge in [-0.3, -0.25) is 4.68 Å². The van der Waals surface area contributed by atoms with Crippen LogP contribution in [0.1, 0.15) is 24.6 Å². The van der Waals surface area contributed by atoms with Gasteiger partial charge < -0.3 is 0 Å². The molecule has 0 N–H and O–H groups in total. The van der Waals surface area contributed by atoms with Crippen LogP contribution in [-0.4, -0.2) is 9.78 Å². The van der Waals surface area contributed by atoms with Gasteiger partial charge >= 0.3 is 0 Å². The van der Waals surface area contributed by atoms with Crippen molar-refractivity contribution in [2.24, 2.45) is 0 Å². The molecule has 0 aromatic carbocycles. The van der Waals surface area contributed by atoms with E-state index >= 15 is 0 Å². The van der Waals surface area contributed by atoms with Gasteiger partial charge in [-0.15, -0.1) is 12.6 Å². The second-order valence-electron chi connectivity index (χ2n) is 3.01. The molecule has 2 heterocycles. The van der Waals surface area contributed by atoms with Gasteiger partial charge in [0.2, 0.25) is 0 Å². The molecule has 0 bridgehead atoms. The first kappa shape index (κ1) is 7.92. The quantitative estimate of drug-likeness (QED) is 0.655. The van der Waals surface area contributed by atoms with Crippen LogP contribution >= 0.6 is 12.6 Å². The molecule has 0 aliphatic carbocycles. The fourth-order valence-electron chi connectivity index (χ4n) is 1.63. The van der Waals surface area contributed by atoms with Gasteiger partial charge in [-0.25, -0.2) is 0 Å². The summed E-state index contributed by atoms with van der Waals surface area (Å²) in [6.07, 6.45) is 6.30. The topological polar surface area (TPSA) is 17.8 Å². The van der Waals surface area contributed by atoms with Crippen LogP contribution in [0.4, 0.5) is 0 Å². The SMILES string of the molecule is C/C=C(\S)c1cnn2c1CCC2. The second kappa shape index (κ2) is 2.98. The van der Waals surface area contributed by atoms with Crippen LogP contribution in [0.2, 0.25) is 0 Å². The van der Waals surface area contributed by atoms with E-state index in [1.165, 1.54) is 17.7 Å². The minimum absolute atomic E-state index is 1.04. The first-order valence-electron chi connectivity index (χ1n) is 4.23. The summed E-state index contributed by atoms with van der Waals surface area (Å²) in [6.45, 7) is 3.07. The molecule has 0 fully saturated rings. The Balaban J connectivity index is 2.46. The van der Waals surface area contributed by atoms with Crippen LogP contribution < -0.4 is 0 Å². The average molecular weight is 180 g/mol. The van der Waals surface area contributed by atoms with E-state index in [-0.39, 0.29) is 0 Å². The monoisotopic (exact) mass is 180 g/mol. The minimum atomic E-state index is 1.04. The third-order valence-electron chi connectivity index (χ3n) is 2.28. The summed E-state index contributed by atoms with van der Waals surface area (Å²) in [5.74, 6) is 0. The van der Waals surface area contributed by atoms with E-state index < -0.39 is 0 Å². The van der Waals surface area contributed by atoms with E-state index in [4.69, 9.17) is 0 Å². The highest BCUT2D eigenvalue weighted by molar-refractivity contribution is 7.90. The minimum Gasteiger partial charge on any atom is -0.269 e. The largest absolute Gasteiger partial charge is 0.269 e. The van der Waals surface area contributed by atoms with Gasteiger partial charge in [0.25, 0.3) is 0 Å². The highest BCUT2D eigenvalue weighted by atomic mass is 32.1. The summed E-state index contributed by atoms with van der Waals surface area (Å²) in [5.41, 5.74) is 2.55. The lowest BCUT2D eigenvalue weighted by Gasteiger charge is -1.97. The Morgan fingerprint density at radius 1 is 1.75 bits per heavy atom. The molecule has 0 spiro atoms. The maximum atomic E-state index is 4.39. The third kappa shape index (κ3) is 1.08. The van der Waals surface area contributed by atoms with E-state index in [0.717, 1.165) is 17.9 Å². The molecular formula is C9H12N2S. The molecule has 0 saturated heterocycles. The molecule has 2 nitrogen and oxygen atoms in total. The first-order chi connectivity index (χ1) is 5.83. The van der Waals surface area contributed by atoms with Crippen molar-refractivity contribution in [2.75, 3.05) is 0 Å². The molecule has 0 unspecified atom stereocenters. The van der Waals surface area contributed by atoms with Crippen LogP contribution in [0.5, 0.6) is 0 Å². The summed E-state index contributed by atoms with van der Waals surface area (Å²) >= 11 is 4.39. The standard InChI is InChI=1S/C9H12N2S/c1-2-9(12)7-6-10-11-5-3-4-8(7)11/h2,6,12H,3-5H2,1H3/b9-2-. The van der Waals surface area contributed by atoms with Crippen molar-refractivity contribution >= 4 is 17.5 Å². The first-order valence-corrected chi connectivity index (χ1v) is 4.68. The molecule has 12 heavy (non-hydrogen) atoms. The van der Waals surface area contributed by atoms with E-state index in [9.17, 15) is 0 Å². The third-order valence-corrected chi connectivity index (χ3v) is 2.78. The van der Waals surface area contributed by atoms with Crippen molar-refractivity contribution in [3.63, 3.8) is 0 Å². The maximum absolute atomic E-state index is 4.39. The number of aromatic nitrogens is 2. The van der Waals surface area contributed by atoms with Crippen molar-refractivity contribution in [3.05, 3.63) is 23.5 Å². The fraction of sp³-hybridized carbons (Fsp3) is 0.444. The summed E-state index contributed by atoms with van der Waals surface area (Å²) in [6, 6.07) is 0. The van der Waals surface area contributed by atoms with E-state index in [2.05, 4.69) is 22.4 Å². The molecule has 1 aliphatic rings. The number of hydrogen-bond donors (Lipinski definition) is 1. The predicted octanol–water partition coefficient (Wildman–Crippen LogP) is 2.12. The zero-order chi connectivity index (χ0) is 8.55. The molecule has 64 valence electrons. The fourth-order valence-corrected chi connectivity index (χ4v) is 1.82. The molecule has 1 aromatic rings. The number of fused-ring (bicyclic) bond motifs is 1. The summed E-state index contributed by atoms with van der Waals surface area (Å²) in [7, 11) is 0. The van der Waals surface area contributed by atoms with Gasteiger partial charge in [0.15, 0.2) is 0 Å². The Kier molecular flexibility index (Phi) is 1.97. The number of hydrogen-bond acceptors (Lipinski definition) is 2. The van der Waals surface area contributed by atoms with Crippen molar-refractivity contribution in [1.29, 1.82) is 0 Å². The molecule has 3 heteroatoms. The second-order valence-corrected chi connectivity index (χ2v) is 3.49. The Morgan fingerprint density at radius 2 is 2.58 bits per heavy atom. The molecule has 0 atom stereocenters. The van der Waals surface area contributed by atoms with Gasteiger partial charge in [-0.1, -0.05) is 6.08 Å². The molecular weight excluding hydrogens is 168 g/mol. The van der Waals surface area contributed by atoms with Crippen LogP contribution in [0.25, 0.3) is 4.91 Å². The smallest absolute Gasteiger partial charge is 0.0576 e. The lowest BCUT2D eigenvalue weighted by Crippen LogP contribution is -1.93. The van der Waals surface area contributed by atoms with E-state index in [1.807, 2.05) is 19.2 Å². The Morgan fingerprint density at radius 3 is 3.33 bits per heavy atom. The Bertz CT molecular complexity index is 325. The zero-order valence-electron chi connectivity index (χ0n) is 7.12. The number of thiol groups is 1. The summed E-state index contributed by atoms with van der Waals surface area (Å²) in [5, 5.41) is 4.29. The predicted molar refractivity (Wildman–Crippen MR) is 53.2 cm³/mol. The van der Waals surface area contributed by atoms with Crippen molar-refractivity contribution < 1.29 is 0 Å². The highest BCUT2D eigenvalue weighted by Gasteiger charge is 2.16. The Labute approximate surface area is 77.7 Å². The molecule has 0 saturated carbocycles. The van der Waals surface area contributed by atoms with Crippen molar-refractivity contribution in [2.45, 2.75) is 26.3 Å². The van der Waals surface area contributed by atoms with Crippen molar-refractivity contribution in [1.82, 2.24) is 9.78 Å². The van der Waals surface area contributed by atoms with Crippen LogP contribution in [0, 0.1) is 0 Å². The number of rotatable bonds is 1. The van der Waals surface area contributed by atoms with Crippen LogP contribution in [-0.2, 0) is 13.0 Å². The van der Waals surface area contributed by atoms with Crippen molar-refractivity contribution in [3.8, 4) is 0 Å². The molecule has 0 amide bonds. The van der Waals surface area contributed by atoms with E-state index in [1.54, 1.807) is 0 Å². The highest BCUT2D eigenvalue weighted by Crippen LogP contribution is 2.26. The van der Waals surface area contributed by atoms with Gasteiger partial charge in [0.1, 0.15) is 0 Å². The molecule has 1 aromatic heterocycles. The summed E-state index contributed by atoms with van der Waals surface area (Å²) in [4.78, 5) is 1.04. The molecule has 0 radical (unpaired) electrons. The summed E-state index contributed by atoms with van der Waals surface area (Å²) < 4.78 is 2.08. The number of allylic oxidation sites excluding steroid dienone is 1. The number of nitrogens with zero attached hydrogens (tertiary/aromatic N) is 2. The Hall–Kier alpha value is -0.700. The van der Waals surface area contributed by atoms with Gasteiger partial charge in [-0.05, 0) is 19.8 Å². The van der Waals surface area contributed by atoms with Gasteiger partial charge in [0.05, 0.1) is 6.20 Å². The lowest BCUT2D eigenvalue weighted by molar-refractivity contribution is 0.656. The molecule has 2 rings (SSSR count).